The third-order valence-corrected chi connectivity index (χ3v) is 6.04. The molecule has 1 aromatic heterocycles. The monoisotopic (exact) mass is 536 g/mol. The summed E-state index contributed by atoms with van der Waals surface area (Å²) in [5, 5.41) is 17.1. The van der Waals surface area contributed by atoms with Crippen LogP contribution < -0.4 is 10.7 Å². The van der Waals surface area contributed by atoms with Gasteiger partial charge in [0.05, 0.1) is 5.56 Å². The smallest absolute Gasteiger partial charge is 0.276 e. The fourth-order valence-corrected chi connectivity index (χ4v) is 4.33. The highest BCUT2D eigenvalue weighted by Crippen LogP contribution is 2.39. The molecule has 0 aliphatic carbocycles. The number of phenols is 1. The molecule has 7 nitrogen and oxygen atoms in total. The number of amides is 2. The van der Waals surface area contributed by atoms with Crippen LogP contribution in [0.15, 0.2) is 79.1 Å². The molecule has 3 aromatic carbocycles. The minimum Gasteiger partial charge on any atom is -0.507 e. The van der Waals surface area contributed by atoms with E-state index in [1.54, 1.807) is 24.3 Å². The van der Waals surface area contributed by atoms with Crippen LogP contribution in [0.4, 0.5) is 5.69 Å². The lowest BCUT2D eigenvalue weighted by Crippen LogP contribution is -2.53. The molecule has 1 aliphatic heterocycles. The lowest BCUT2D eigenvalue weighted by molar-refractivity contribution is 0.0490. The average molecular weight is 536 g/mol. The average Bonchev–Trinajstić information content (AvgIpc) is 2.82. The van der Waals surface area contributed by atoms with Crippen molar-refractivity contribution in [2.24, 2.45) is 0 Å². The molecule has 4 aromatic rings. The summed E-state index contributed by atoms with van der Waals surface area (Å²) in [7, 11) is 0. The van der Waals surface area contributed by atoms with E-state index in [4.69, 9.17) is 0 Å². The number of nitrogens with one attached hydrogen (secondary N) is 2. The number of hydrogen-bond donors (Lipinski definition) is 3. The SMILES string of the molecule is O=C(NN1C(=O)c2cc(I)ccc2N[C@@H]1c1c(O)ccc2ccccc12)c1ccncc1. The second-order valence-corrected chi connectivity index (χ2v) is 8.55. The Morgan fingerprint density at radius 3 is 2.66 bits per heavy atom. The van der Waals surface area contributed by atoms with Crippen molar-refractivity contribution in [3.63, 3.8) is 0 Å². The largest absolute Gasteiger partial charge is 0.507 e. The van der Waals surface area contributed by atoms with Gasteiger partial charge >= 0.3 is 0 Å². The molecule has 8 heteroatoms. The molecule has 1 aliphatic rings. The van der Waals surface area contributed by atoms with Crippen molar-refractivity contribution in [2.45, 2.75) is 6.17 Å². The number of pyridine rings is 1. The molecule has 2 amide bonds. The molecule has 2 heterocycles. The van der Waals surface area contributed by atoms with Crippen molar-refractivity contribution < 1.29 is 14.7 Å². The molecule has 0 saturated carbocycles. The van der Waals surface area contributed by atoms with E-state index in [0.29, 0.717) is 22.4 Å². The minimum absolute atomic E-state index is 0.0196. The zero-order valence-electron chi connectivity index (χ0n) is 16.6. The third kappa shape index (κ3) is 3.52. The summed E-state index contributed by atoms with van der Waals surface area (Å²) in [6, 6.07) is 19.6. The van der Waals surface area contributed by atoms with Gasteiger partial charge in [0, 0.05) is 32.8 Å². The second kappa shape index (κ2) is 8.12. The van der Waals surface area contributed by atoms with Crippen LogP contribution in [0.2, 0.25) is 0 Å². The molecule has 0 radical (unpaired) electrons. The van der Waals surface area contributed by atoms with Crippen LogP contribution in [0.1, 0.15) is 32.4 Å². The highest BCUT2D eigenvalue weighted by Gasteiger charge is 2.37. The number of hydrazine groups is 1. The van der Waals surface area contributed by atoms with Crippen molar-refractivity contribution in [2.75, 3.05) is 5.32 Å². The maximum atomic E-state index is 13.5. The van der Waals surface area contributed by atoms with Gasteiger partial charge in [-0.2, -0.15) is 0 Å². The quantitative estimate of drug-likeness (QED) is 0.337. The molecule has 1 atom stereocenters. The van der Waals surface area contributed by atoms with Crippen molar-refractivity contribution in [1.82, 2.24) is 15.4 Å². The number of carbonyl (C=O) groups excluding carboxylic acids is 2. The van der Waals surface area contributed by atoms with E-state index in [9.17, 15) is 14.7 Å². The molecular weight excluding hydrogens is 519 g/mol. The molecular formula is C24H17IN4O3. The summed E-state index contributed by atoms with van der Waals surface area (Å²) < 4.78 is 0.892. The van der Waals surface area contributed by atoms with Crippen molar-refractivity contribution >= 4 is 50.9 Å². The second-order valence-electron chi connectivity index (χ2n) is 7.31. The van der Waals surface area contributed by atoms with E-state index in [2.05, 4.69) is 38.3 Å². The van der Waals surface area contributed by atoms with Crippen LogP contribution >= 0.6 is 22.6 Å². The van der Waals surface area contributed by atoms with Gasteiger partial charge in [-0.25, -0.2) is 5.01 Å². The van der Waals surface area contributed by atoms with Crippen LogP contribution in [-0.4, -0.2) is 26.9 Å². The number of benzene rings is 3. The van der Waals surface area contributed by atoms with E-state index in [0.717, 1.165) is 14.3 Å². The first kappa shape index (κ1) is 20.3. The molecule has 0 bridgehead atoms. The predicted molar refractivity (Wildman–Crippen MR) is 129 cm³/mol. The molecule has 0 unspecified atom stereocenters. The molecule has 3 N–H and O–H groups in total. The maximum absolute atomic E-state index is 13.5. The zero-order valence-corrected chi connectivity index (χ0v) is 18.8. The fraction of sp³-hybridized carbons (Fsp3) is 0.0417. The Morgan fingerprint density at radius 1 is 1.06 bits per heavy atom. The summed E-state index contributed by atoms with van der Waals surface area (Å²) in [5.74, 6) is -0.815. The normalized spacial score (nSPS) is 15.2. The predicted octanol–water partition coefficient (Wildman–Crippen LogP) is 4.46. The number of aromatic hydroxyl groups is 1. The number of carbonyl (C=O) groups is 2. The molecule has 158 valence electrons. The summed E-state index contributed by atoms with van der Waals surface area (Å²) in [6.45, 7) is 0. The van der Waals surface area contributed by atoms with E-state index in [1.807, 2.05) is 42.5 Å². The van der Waals surface area contributed by atoms with Gasteiger partial charge in [-0.15, -0.1) is 0 Å². The van der Waals surface area contributed by atoms with Crippen LogP contribution in [0.25, 0.3) is 10.8 Å². The number of hydrogen-bond acceptors (Lipinski definition) is 5. The lowest BCUT2D eigenvalue weighted by atomic mass is 9.98. The van der Waals surface area contributed by atoms with Gasteiger partial charge in [-0.05, 0) is 69.8 Å². The van der Waals surface area contributed by atoms with Crippen LogP contribution in [0.5, 0.6) is 5.75 Å². The zero-order chi connectivity index (χ0) is 22.2. The third-order valence-electron chi connectivity index (χ3n) is 5.37. The molecule has 5 rings (SSSR count). The van der Waals surface area contributed by atoms with Crippen molar-refractivity contribution in [3.05, 3.63) is 99.4 Å². The van der Waals surface area contributed by atoms with Crippen LogP contribution in [0.3, 0.4) is 0 Å². The number of anilines is 1. The van der Waals surface area contributed by atoms with E-state index >= 15 is 0 Å². The molecule has 0 saturated heterocycles. The molecule has 0 spiro atoms. The van der Waals surface area contributed by atoms with Crippen LogP contribution in [-0.2, 0) is 0 Å². The Hall–Kier alpha value is -3.66. The number of fused-ring (bicyclic) bond motifs is 2. The number of halogens is 1. The van der Waals surface area contributed by atoms with Crippen molar-refractivity contribution in [1.29, 1.82) is 0 Å². The summed E-state index contributed by atoms with van der Waals surface area (Å²) in [4.78, 5) is 30.4. The van der Waals surface area contributed by atoms with Gasteiger partial charge < -0.3 is 10.4 Å². The van der Waals surface area contributed by atoms with Gasteiger partial charge in [0.15, 0.2) is 6.17 Å². The maximum Gasteiger partial charge on any atom is 0.276 e. The summed E-state index contributed by atoms with van der Waals surface area (Å²) >= 11 is 2.14. The number of phenolic OH excluding ortho intramolecular Hbond substituents is 1. The highest BCUT2D eigenvalue weighted by atomic mass is 127. The molecule has 32 heavy (non-hydrogen) atoms. The Balaban J connectivity index is 1.65. The van der Waals surface area contributed by atoms with Gasteiger partial charge in [-0.1, -0.05) is 30.3 Å². The van der Waals surface area contributed by atoms with Crippen LogP contribution in [0, 0.1) is 3.57 Å². The van der Waals surface area contributed by atoms with Gasteiger partial charge in [0.1, 0.15) is 5.75 Å². The van der Waals surface area contributed by atoms with E-state index < -0.39 is 12.1 Å². The van der Waals surface area contributed by atoms with Gasteiger partial charge in [-0.3, -0.25) is 20.0 Å². The first-order valence-electron chi connectivity index (χ1n) is 9.84. The highest BCUT2D eigenvalue weighted by molar-refractivity contribution is 14.1. The minimum atomic E-state index is -0.827. The van der Waals surface area contributed by atoms with Crippen molar-refractivity contribution in [3.8, 4) is 5.75 Å². The summed E-state index contributed by atoms with van der Waals surface area (Å²) in [6.07, 6.45) is 2.19. The standard InChI is InChI=1S/C24H17IN4O3/c25-16-6-7-19-18(13-16)24(32)29(28-23(31)15-9-11-26-12-10-15)22(27-19)21-17-4-2-1-3-14(17)5-8-20(21)30/h1-13,22,27,30H,(H,28,31)/t22-/m0/s1. The van der Waals surface area contributed by atoms with Gasteiger partial charge in [0.2, 0.25) is 0 Å². The summed E-state index contributed by atoms with van der Waals surface area (Å²) in [5.41, 5.74) is 4.65. The molecule has 0 fully saturated rings. The Kier molecular flexibility index (Phi) is 5.14. The Labute approximate surface area is 197 Å². The fourth-order valence-electron chi connectivity index (χ4n) is 3.84. The topological polar surface area (TPSA) is 94.6 Å². The Morgan fingerprint density at radius 2 is 1.84 bits per heavy atom. The van der Waals surface area contributed by atoms with Gasteiger partial charge in [0.25, 0.3) is 11.8 Å². The number of nitrogens with zero attached hydrogens (tertiary/aromatic N) is 2. The Bertz CT molecular complexity index is 1360. The first-order chi connectivity index (χ1) is 15.5. The lowest BCUT2D eigenvalue weighted by Gasteiger charge is -2.38. The first-order valence-corrected chi connectivity index (χ1v) is 10.9. The number of aromatic nitrogens is 1. The van der Waals surface area contributed by atoms with E-state index in [1.165, 1.54) is 17.4 Å². The van der Waals surface area contributed by atoms with E-state index in [-0.39, 0.29) is 11.7 Å². The number of rotatable bonds is 3.